The van der Waals surface area contributed by atoms with E-state index >= 15 is 0 Å². The van der Waals surface area contributed by atoms with Crippen LogP contribution in [0.2, 0.25) is 0 Å². The topological polar surface area (TPSA) is 85.5 Å². The molecule has 0 saturated carbocycles. The number of benzene rings is 2. The molecule has 0 aliphatic carbocycles. The zero-order chi connectivity index (χ0) is 20.3. The maximum Gasteiger partial charge on any atom is 0.304 e. The lowest BCUT2D eigenvalue weighted by Crippen LogP contribution is -2.09. The molecule has 0 amide bonds. The molecule has 3 rings (SSSR count). The molecule has 0 aliphatic heterocycles. The summed E-state index contributed by atoms with van der Waals surface area (Å²) < 4.78 is 11.1. The van der Waals surface area contributed by atoms with Gasteiger partial charge in [0.25, 0.3) is 0 Å². The van der Waals surface area contributed by atoms with Crippen LogP contribution < -0.4 is 4.74 Å². The van der Waals surface area contributed by atoms with Crippen molar-refractivity contribution in [2.24, 2.45) is 0 Å². The quantitative estimate of drug-likeness (QED) is 0.635. The van der Waals surface area contributed by atoms with E-state index in [0.717, 1.165) is 28.0 Å². The number of ether oxygens (including phenoxy) is 1. The number of aliphatic carboxylic acids is 1. The number of carboxylic acids is 1. The van der Waals surface area contributed by atoms with Crippen molar-refractivity contribution in [3.05, 3.63) is 65.4 Å². The summed E-state index contributed by atoms with van der Waals surface area (Å²) in [7, 11) is 1.64. The van der Waals surface area contributed by atoms with Crippen LogP contribution in [0, 0.1) is 6.92 Å². The summed E-state index contributed by atoms with van der Waals surface area (Å²) in [6.45, 7) is 5.90. The SMILES string of the molecule is COc1ccccc1-c1cc(C(C)C)cc(C(CC(=O)O)c2nnc(C)o2)c1. The number of methoxy groups -OCH3 is 1. The molecule has 28 heavy (non-hydrogen) atoms. The minimum Gasteiger partial charge on any atom is -0.496 e. The Bertz CT molecular complexity index is 978. The number of rotatable bonds is 7. The van der Waals surface area contributed by atoms with Crippen molar-refractivity contribution in [2.75, 3.05) is 7.11 Å². The second kappa shape index (κ2) is 8.25. The summed E-state index contributed by atoms with van der Waals surface area (Å²) in [5.74, 6) is 0.309. The summed E-state index contributed by atoms with van der Waals surface area (Å²) in [5, 5.41) is 17.4. The van der Waals surface area contributed by atoms with E-state index in [9.17, 15) is 9.90 Å². The Kier molecular flexibility index (Phi) is 5.78. The average molecular weight is 380 g/mol. The van der Waals surface area contributed by atoms with Crippen LogP contribution in [0.1, 0.15) is 55.0 Å². The van der Waals surface area contributed by atoms with Gasteiger partial charge in [-0.2, -0.15) is 0 Å². The van der Waals surface area contributed by atoms with Gasteiger partial charge in [0.05, 0.1) is 19.4 Å². The predicted molar refractivity (Wildman–Crippen MR) is 106 cm³/mol. The first-order valence-electron chi connectivity index (χ1n) is 9.19. The van der Waals surface area contributed by atoms with Gasteiger partial charge in [-0.3, -0.25) is 4.79 Å². The molecule has 0 radical (unpaired) electrons. The summed E-state index contributed by atoms with van der Waals surface area (Å²) in [5.41, 5.74) is 3.85. The first-order chi connectivity index (χ1) is 13.4. The smallest absolute Gasteiger partial charge is 0.304 e. The number of carboxylic acid groups (broad SMARTS) is 1. The van der Waals surface area contributed by atoms with Crippen LogP contribution in [-0.4, -0.2) is 28.4 Å². The highest BCUT2D eigenvalue weighted by Crippen LogP contribution is 2.36. The number of hydrogen-bond donors (Lipinski definition) is 1. The van der Waals surface area contributed by atoms with Gasteiger partial charge in [0.1, 0.15) is 5.75 Å². The fraction of sp³-hybridized carbons (Fsp3) is 0.318. The minimum atomic E-state index is -0.922. The van der Waals surface area contributed by atoms with Crippen molar-refractivity contribution >= 4 is 5.97 Å². The molecule has 0 saturated heterocycles. The third-order valence-electron chi connectivity index (χ3n) is 4.68. The lowest BCUT2D eigenvalue weighted by molar-refractivity contribution is -0.137. The Morgan fingerprint density at radius 3 is 2.46 bits per heavy atom. The standard InChI is InChI=1S/C22H24N2O4/c1-13(2)15-9-16(18-7-5-6-8-20(18)27-4)11-17(10-15)19(12-21(25)26)22-24-23-14(3)28-22/h5-11,13,19H,12H2,1-4H3,(H,25,26). The average Bonchev–Trinajstić information content (AvgIpc) is 3.11. The number of nitrogens with zero attached hydrogens (tertiary/aromatic N) is 2. The fourth-order valence-electron chi connectivity index (χ4n) is 3.22. The van der Waals surface area contributed by atoms with E-state index in [1.807, 2.05) is 36.4 Å². The molecule has 6 nitrogen and oxygen atoms in total. The van der Waals surface area contributed by atoms with Gasteiger partial charge in [-0.15, -0.1) is 10.2 Å². The Balaban J connectivity index is 2.18. The molecule has 1 N–H and O–H groups in total. The Labute approximate surface area is 164 Å². The van der Waals surface area contributed by atoms with Gasteiger partial charge in [0.15, 0.2) is 0 Å². The first kappa shape index (κ1) is 19.6. The van der Waals surface area contributed by atoms with Crippen LogP contribution in [0.15, 0.2) is 46.9 Å². The van der Waals surface area contributed by atoms with Gasteiger partial charge < -0.3 is 14.3 Å². The Morgan fingerprint density at radius 1 is 1.14 bits per heavy atom. The van der Waals surface area contributed by atoms with E-state index in [1.165, 1.54) is 0 Å². The Hall–Kier alpha value is -3.15. The number of hydrogen-bond acceptors (Lipinski definition) is 5. The fourth-order valence-corrected chi connectivity index (χ4v) is 3.22. The van der Waals surface area contributed by atoms with Gasteiger partial charge in [-0.1, -0.05) is 50.2 Å². The largest absolute Gasteiger partial charge is 0.496 e. The summed E-state index contributed by atoms with van der Waals surface area (Å²) in [4.78, 5) is 11.5. The van der Waals surface area contributed by atoms with E-state index in [2.05, 4.69) is 30.1 Å². The second-order valence-corrected chi connectivity index (χ2v) is 7.05. The molecule has 146 valence electrons. The summed E-state index contributed by atoms with van der Waals surface area (Å²) in [6.07, 6.45) is -0.130. The second-order valence-electron chi connectivity index (χ2n) is 7.05. The molecular weight excluding hydrogens is 356 g/mol. The van der Waals surface area contributed by atoms with Crippen LogP contribution in [0.3, 0.4) is 0 Å². The van der Waals surface area contributed by atoms with E-state index in [-0.39, 0.29) is 12.3 Å². The number of aromatic nitrogens is 2. The van der Waals surface area contributed by atoms with Crippen molar-refractivity contribution in [3.8, 4) is 16.9 Å². The van der Waals surface area contributed by atoms with Crippen LogP contribution in [-0.2, 0) is 4.79 Å². The normalized spacial score (nSPS) is 12.2. The van der Waals surface area contributed by atoms with Gasteiger partial charge in [0, 0.05) is 12.5 Å². The lowest BCUT2D eigenvalue weighted by Gasteiger charge is -2.18. The van der Waals surface area contributed by atoms with Gasteiger partial charge in [-0.05, 0) is 28.7 Å². The highest BCUT2D eigenvalue weighted by molar-refractivity contribution is 5.73. The zero-order valence-corrected chi connectivity index (χ0v) is 16.5. The number of carbonyl (C=O) groups is 1. The molecule has 6 heteroatoms. The predicted octanol–water partition coefficient (Wildman–Crippen LogP) is 4.78. The third-order valence-corrected chi connectivity index (χ3v) is 4.68. The van der Waals surface area contributed by atoms with Crippen LogP contribution in [0.25, 0.3) is 11.1 Å². The van der Waals surface area contributed by atoms with Crippen molar-refractivity contribution < 1.29 is 19.1 Å². The first-order valence-corrected chi connectivity index (χ1v) is 9.19. The van der Waals surface area contributed by atoms with Gasteiger partial charge in [0.2, 0.25) is 11.8 Å². The van der Waals surface area contributed by atoms with Crippen molar-refractivity contribution in [1.29, 1.82) is 0 Å². The molecule has 1 atom stereocenters. The number of para-hydroxylation sites is 1. The minimum absolute atomic E-state index is 0.130. The maximum absolute atomic E-state index is 11.5. The molecule has 2 aromatic carbocycles. The summed E-state index contributed by atoms with van der Waals surface area (Å²) >= 11 is 0. The highest BCUT2D eigenvalue weighted by atomic mass is 16.5. The third kappa shape index (κ3) is 4.22. The van der Waals surface area contributed by atoms with Crippen molar-refractivity contribution in [1.82, 2.24) is 10.2 Å². The highest BCUT2D eigenvalue weighted by Gasteiger charge is 2.25. The molecule has 1 unspecified atom stereocenters. The zero-order valence-electron chi connectivity index (χ0n) is 16.5. The molecule has 0 bridgehead atoms. The maximum atomic E-state index is 11.5. The molecule has 1 aromatic heterocycles. The van der Waals surface area contributed by atoms with Crippen LogP contribution in [0.5, 0.6) is 5.75 Å². The van der Waals surface area contributed by atoms with Gasteiger partial charge >= 0.3 is 5.97 Å². The van der Waals surface area contributed by atoms with Crippen molar-refractivity contribution in [2.45, 2.75) is 39.0 Å². The van der Waals surface area contributed by atoms with E-state index < -0.39 is 11.9 Å². The Morgan fingerprint density at radius 2 is 1.86 bits per heavy atom. The van der Waals surface area contributed by atoms with E-state index in [4.69, 9.17) is 9.15 Å². The molecule has 1 heterocycles. The van der Waals surface area contributed by atoms with Crippen LogP contribution >= 0.6 is 0 Å². The molecule has 0 spiro atoms. The summed E-state index contributed by atoms with van der Waals surface area (Å²) in [6, 6.07) is 13.9. The molecule has 0 aliphatic rings. The number of aryl methyl sites for hydroxylation is 1. The van der Waals surface area contributed by atoms with E-state index in [1.54, 1.807) is 14.0 Å². The molecule has 3 aromatic rings. The molecular formula is C22H24N2O4. The monoisotopic (exact) mass is 380 g/mol. The van der Waals surface area contributed by atoms with Crippen molar-refractivity contribution in [3.63, 3.8) is 0 Å². The van der Waals surface area contributed by atoms with Gasteiger partial charge in [-0.25, -0.2) is 0 Å². The lowest BCUT2D eigenvalue weighted by atomic mass is 9.88. The van der Waals surface area contributed by atoms with E-state index in [0.29, 0.717) is 11.8 Å². The van der Waals surface area contributed by atoms with Crippen LogP contribution in [0.4, 0.5) is 0 Å². The molecule has 0 fully saturated rings.